The van der Waals surface area contributed by atoms with Crippen LogP contribution in [-0.4, -0.2) is 77.7 Å². The normalized spacial score (nSPS) is 23.3. The van der Waals surface area contributed by atoms with E-state index in [2.05, 4.69) is 10.2 Å². The predicted molar refractivity (Wildman–Crippen MR) is 110 cm³/mol. The van der Waals surface area contributed by atoms with Crippen molar-refractivity contribution in [1.82, 2.24) is 20.0 Å². The van der Waals surface area contributed by atoms with Crippen molar-refractivity contribution in [2.45, 2.75) is 30.9 Å². The summed E-state index contributed by atoms with van der Waals surface area (Å²) in [6.07, 6.45) is 0.746. The van der Waals surface area contributed by atoms with E-state index >= 15 is 0 Å². The second kappa shape index (κ2) is 9.60. The van der Waals surface area contributed by atoms with Gasteiger partial charge in [0, 0.05) is 51.4 Å². The van der Waals surface area contributed by atoms with Crippen LogP contribution in [0.5, 0.6) is 0 Å². The highest BCUT2D eigenvalue weighted by molar-refractivity contribution is 8.01. The van der Waals surface area contributed by atoms with E-state index in [0.717, 1.165) is 26.1 Å². The van der Waals surface area contributed by atoms with Crippen LogP contribution in [0.4, 0.5) is 9.18 Å². The first-order chi connectivity index (χ1) is 13.5. The highest BCUT2D eigenvalue weighted by Crippen LogP contribution is 2.44. The maximum absolute atomic E-state index is 14.3. The third-order valence-corrected chi connectivity index (χ3v) is 6.95. The lowest BCUT2D eigenvalue weighted by Gasteiger charge is -2.36. The van der Waals surface area contributed by atoms with Crippen LogP contribution in [0.1, 0.15) is 31.2 Å². The summed E-state index contributed by atoms with van der Waals surface area (Å²) in [7, 11) is 0. The van der Waals surface area contributed by atoms with E-state index in [9.17, 15) is 14.0 Å². The van der Waals surface area contributed by atoms with Gasteiger partial charge in [-0.05, 0) is 19.4 Å². The number of nitrogens with zero attached hydrogens (tertiary/aromatic N) is 3. The number of thioether (sulfide) groups is 1. The number of rotatable bonds is 6. The van der Waals surface area contributed by atoms with Crippen molar-refractivity contribution >= 4 is 23.7 Å². The number of nitrogens with one attached hydrogen (secondary N) is 1. The molecule has 0 bridgehead atoms. The average Bonchev–Trinajstić information content (AvgIpc) is 3.02. The minimum absolute atomic E-state index is 0.0151. The highest BCUT2D eigenvalue weighted by Gasteiger charge is 2.40. The Morgan fingerprint density at radius 2 is 1.89 bits per heavy atom. The van der Waals surface area contributed by atoms with Gasteiger partial charge in [0.2, 0.25) is 5.91 Å². The molecule has 1 aromatic rings. The Kier molecular flexibility index (Phi) is 7.18. The van der Waals surface area contributed by atoms with E-state index in [4.69, 9.17) is 0 Å². The Morgan fingerprint density at radius 1 is 1.18 bits per heavy atom. The molecule has 2 fully saturated rings. The molecule has 2 aliphatic heterocycles. The number of hydrogen-bond acceptors (Lipinski definition) is 4. The number of amides is 3. The zero-order valence-electron chi connectivity index (χ0n) is 16.6. The number of piperazine rings is 1. The summed E-state index contributed by atoms with van der Waals surface area (Å²) in [4.78, 5) is 30.7. The molecule has 2 unspecified atom stereocenters. The molecule has 6 nitrogen and oxygen atoms in total. The van der Waals surface area contributed by atoms with Crippen LogP contribution in [-0.2, 0) is 4.79 Å². The molecule has 2 saturated heterocycles. The first kappa shape index (κ1) is 20.9. The molecule has 0 aliphatic carbocycles. The SMILES string of the molecule is CCNC(=O)N1CCN(CCN2C(=O)C(CC)SC2c2ccccc2F)CC1. The largest absolute Gasteiger partial charge is 0.338 e. The van der Waals surface area contributed by atoms with Crippen molar-refractivity contribution in [2.24, 2.45) is 0 Å². The predicted octanol–water partition coefficient (Wildman–Crippen LogP) is 2.53. The van der Waals surface area contributed by atoms with Gasteiger partial charge < -0.3 is 15.1 Å². The van der Waals surface area contributed by atoms with Crippen molar-refractivity contribution in [3.8, 4) is 0 Å². The lowest BCUT2D eigenvalue weighted by Crippen LogP contribution is -2.53. The van der Waals surface area contributed by atoms with Gasteiger partial charge in [0.1, 0.15) is 11.2 Å². The first-order valence-corrected chi connectivity index (χ1v) is 10.9. The summed E-state index contributed by atoms with van der Waals surface area (Å²) >= 11 is 1.55. The number of carbonyl (C=O) groups is 2. The molecule has 0 saturated carbocycles. The Hall–Kier alpha value is -1.80. The summed E-state index contributed by atoms with van der Waals surface area (Å²) in [5.74, 6) is -0.160. The lowest BCUT2D eigenvalue weighted by atomic mass is 10.2. The van der Waals surface area contributed by atoms with Crippen molar-refractivity contribution in [3.05, 3.63) is 35.6 Å². The number of benzene rings is 1. The summed E-state index contributed by atoms with van der Waals surface area (Å²) < 4.78 is 14.3. The van der Waals surface area contributed by atoms with Crippen LogP contribution in [0.25, 0.3) is 0 Å². The molecular formula is C20H29FN4O2S. The molecule has 1 aromatic carbocycles. The van der Waals surface area contributed by atoms with E-state index in [1.165, 1.54) is 6.07 Å². The van der Waals surface area contributed by atoms with Crippen LogP contribution in [0, 0.1) is 5.82 Å². The molecule has 3 rings (SSSR count). The Morgan fingerprint density at radius 3 is 2.54 bits per heavy atom. The molecule has 3 amide bonds. The third-order valence-electron chi connectivity index (χ3n) is 5.32. The molecule has 2 atom stereocenters. The summed E-state index contributed by atoms with van der Waals surface area (Å²) in [5, 5.41) is 2.45. The zero-order chi connectivity index (χ0) is 20.1. The zero-order valence-corrected chi connectivity index (χ0v) is 17.4. The van der Waals surface area contributed by atoms with Gasteiger partial charge in [0.25, 0.3) is 0 Å². The van der Waals surface area contributed by atoms with Gasteiger partial charge in [-0.25, -0.2) is 9.18 Å². The fourth-order valence-corrected chi connectivity index (χ4v) is 5.14. The van der Waals surface area contributed by atoms with E-state index in [-0.39, 0.29) is 28.4 Å². The van der Waals surface area contributed by atoms with Gasteiger partial charge >= 0.3 is 6.03 Å². The molecule has 0 spiro atoms. The third kappa shape index (κ3) is 4.60. The number of urea groups is 1. The number of halogens is 1. The van der Waals surface area contributed by atoms with Crippen molar-refractivity contribution in [3.63, 3.8) is 0 Å². The van der Waals surface area contributed by atoms with Crippen LogP contribution >= 0.6 is 11.8 Å². The van der Waals surface area contributed by atoms with Gasteiger partial charge in [0.15, 0.2) is 0 Å². The maximum atomic E-state index is 14.3. The van der Waals surface area contributed by atoms with Crippen LogP contribution in [0.15, 0.2) is 24.3 Å². The van der Waals surface area contributed by atoms with Gasteiger partial charge in [0.05, 0.1) is 5.25 Å². The highest BCUT2D eigenvalue weighted by atomic mass is 32.2. The van der Waals surface area contributed by atoms with E-state index in [0.29, 0.717) is 31.7 Å². The second-order valence-corrected chi connectivity index (χ2v) is 8.39. The van der Waals surface area contributed by atoms with Crippen LogP contribution in [0.2, 0.25) is 0 Å². The van der Waals surface area contributed by atoms with Gasteiger partial charge in [-0.1, -0.05) is 25.1 Å². The smallest absolute Gasteiger partial charge is 0.317 e. The molecule has 2 heterocycles. The molecule has 28 heavy (non-hydrogen) atoms. The molecule has 0 radical (unpaired) electrons. The van der Waals surface area contributed by atoms with E-state index in [1.807, 2.05) is 29.7 Å². The van der Waals surface area contributed by atoms with Crippen LogP contribution < -0.4 is 5.32 Å². The maximum Gasteiger partial charge on any atom is 0.317 e. The van der Waals surface area contributed by atoms with Crippen molar-refractivity contribution < 1.29 is 14.0 Å². The first-order valence-electron chi connectivity index (χ1n) is 10.0. The fraction of sp³-hybridized carbons (Fsp3) is 0.600. The van der Waals surface area contributed by atoms with E-state index in [1.54, 1.807) is 23.9 Å². The molecular weight excluding hydrogens is 379 g/mol. The summed E-state index contributed by atoms with van der Waals surface area (Å²) in [6.45, 7) is 8.78. The quantitative estimate of drug-likeness (QED) is 0.786. The topological polar surface area (TPSA) is 55.9 Å². The minimum Gasteiger partial charge on any atom is -0.338 e. The van der Waals surface area contributed by atoms with Gasteiger partial charge in [-0.2, -0.15) is 0 Å². The molecule has 0 aromatic heterocycles. The molecule has 1 N–H and O–H groups in total. The van der Waals surface area contributed by atoms with Gasteiger partial charge in [-0.15, -0.1) is 11.8 Å². The van der Waals surface area contributed by atoms with E-state index < -0.39 is 0 Å². The van der Waals surface area contributed by atoms with Gasteiger partial charge in [-0.3, -0.25) is 9.69 Å². The second-order valence-electron chi connectivity index (χ2n) is 7.10. The van der Waals surface area contributed by atoms with Crippen molar-refractivity contribution in [1.29, 1.82) is 0 Å². The molecule has 8 heteroatoms. The van der Waals surface area contributed by atoms with Crippen LogP contribution in [0.3, 0.4) is 0 Å². The average molecular weight is 409 g/mol. The minimum atomic E-state index is -0.268. The Balaban J connectivity index is 1.60. The lowest BCUT2D eigenvalue weighted by molar-refractivity contribution is -0.130. The number of hydrogen-bond donors (Lipinski definition) is 1. The standard InChI is InChI=1S/C20H29FN4O2S/c1-3-17-18(26)25(19(28-17)15-7-5-6-8-16(15)21)14-11-23-9-12-24(13-10-23)20(27)22-4-2/h5-8,17,19H,3-4,9-14H2,1-2H3,(H,22,27). The fourth-order valence-electron chi connectivity index (χ4n) is 3.69. The molecule has 154 valence electrons. The number of carbonyl (C=O) groups excluding carboxylic acids is 2. The Bertz CT molecular complexity index is 697. The Labute approximate surface area is 170 Å². The molecule has 2 aliphatic rings. The van der Waals surface area contributed by atoms with Crippen molar-refractivity contribution in [2.75, 3.05) is 45.8 Å². The monoisotopic (exact) mass is 408 g/mol. The summed E-state index contributed by atoms with van der Waals surface area (Å²) in [5.41, 5.74) is 0.581. The summed E-state index contributed by atoms with van der Waals surface area (Å²) in [6, 6.07) is 6.71.